The fourth-order valence-corrected chi connectivity index (χ4v) is 2.62. The zero-order valence-corrected chi connectivity index (χ0v) is 11.4. The second-order valence-corrected chi connectivity index (χ2v) is 5.26. The maximum absolute atomic E-state index is 10.9. The first-order valence-corrected chi connectivity index (χ1v) is 6.89. The lowest BCUT2D eigenvalue weighted by molar-refractivity contribution is -0.143. The summed E-state index contributed by atoms with van der Waals surface area (Å²) >= 11 is 0. The Bertz CT molecular complexity index is 301. The van der Waals surface area contributed by atoms with E-state index in [1.165, 1.54) is 0 Å². The minimum atomic E-state index is -0.847. The van der Waals surface area contributed by atoms with Crippen molar-refractivity contribution < 1.29 is 19.8 Å². The van der Waals surface area contributed by atoms with Crippen molar-refractivity contribution in [3.8, 4) is 0 Å². The maximum Gasteiger partial charge on any atom is 0.317 e. The molecule has 0 aromatic carbocycles. The SMILES string of the molecule is CC(NCCNCC(=O)O)C1CCC(C(=O)O)CC1. The van der Waals surface area contributed by atoms with Crippen LogP contribution in [-0.2, 0) is 9.59 Å². The van der Waals surface area contributed by atoms with Crippen molar-refractivity contribution in [2.75, 3.05) is 19.6 Å². The zero-order valence-electron chi connectivity index (χ0n) is 11.4. The summed E-state index contributed by atoms with van der Waals surface area (Å²) < 4.78 is 0. The lowest BCUT2D eigenvalue weighted by Crippen LogP contribution is -2.40. The molecule has 0 saturated heterocycles. The monoisotopic (exact) mass is 272 g/mol. The van der Waals surface area contributed by atoms with E-state index in [0.29, 0.717) is 18.5 Å². The van der Waals surface area contributed by atoms with Gasteiger partial charge in [0.25, 0.3) is 0 Å². The summed E-state index contributed by atoms with van der Waals surface area (Å²) in [4.78, 5) is 21.2. The molecule has 0 aromatic rings. The smallest absolute Gasteiger partial charge is 0.317 e. The minimum Gasteiger partial charge on any atom is -0.481 e. The van der Waals surface area contributed by atoms with Gasteiger partial charge in [-0.15, -0.1) is 0 Å². The van der Waals surface area contributed by atoms with Crippen LogP contribution in [0, 0.1) is 11.8 Å². The van der Waals surface area contributed by atoms with Gasteiger partial charge in [0.1, 0.15) is 0 Å². The van der Waals surface area contributed by atoms with Gasteiger partial charge in [0, 0.05) is 19.1 Å². The molecule has 0 bridgehead atoms. The number of carbonyl (C=O) groups is 2. The molecule has 1 saturated carbocycles. The third-order valence-corrected chi connectivity index (χ3v) is 3.87. The Morgan fingerprint density at radius 3 is 2.32 bits per heavy atom. The fraction of sp³-hybridized carbons (Fsp3) is 0.846. The predicted molar refractivity (Wildman–Crippen MR) is 71.1 cm³/mol. The molecule has 0 spiro atoms. The van der Waals surface area contributed by atoms with E-state index >= 15 is 0 Å². The molecule has 1 aliphatic carbocycles. The van der Waals surface area contributed by atoms with Crippen molar-refractivity contribution in [3.05, 3.63) is 0 Å². The Morgan fingerprint density at radius 1 is 1.16 bits per heavy atom. The van der Waals surface area contributed by atoms with E-state index in [4.69, 9.17) is 10.2 Å². The van der Waals surface area contributed by atoms with Crippen molar-refractivity contribution in [3.63, 3.8) is 0 Å². The molecular weight excluding hydrogens is 248 g/mol. The van der Waals surface area contributed by atoms with Gasteiger partial charge in [0.2, 0.25) is 0 Å². The first kappa shape index (κ1) is 15.9. The summed E-state index contributed by atoms with van der Waals surface area (Å²) in [5, 5.41) is 23.6. The van der Waals surface area contributed by atoms with Crippen molar-refractivity contribution in [2.24, 2.45) is 11.8 Å². The Labute approximate surface area is 113 Å². The first-order chi connectivity index (χ1) is 9.00. The van der Waals surface area contributed by atoms with Gasteiger partial charge in [-0.3, -0.25) is 9.59 Å². The fourth-order valence-electron chi connectivity index (χ4n) is 2.62. The van der Waals surface area contributed by atoms with Crippen LogP contribution in [0.2, 0.25) is 0 Å². The van der Waals surface area contributed by atoms with Crippen LogP contribution >= 0.6 is 0 Å². The van der Waals surface area contributed by atoms with E-state index in [1.54, 1.807) is 0 Å². The lowest BCUT2D eigenvalue weighted by atomic mass is 9.79. The van der Waals surface area contributed by atoms with Gasteiger partial charge >= 0.3 is 11.9 Å². The molecule has 6 heteroatoms. The average Bonchev–Trinajstić information content (AvgIpc) is 2.37. The molecule has 4 N–H and O–H groups in total. The predicted octanol–water partition coefficient (Wildman–Crippen LogP) is 0.530. The molecule has 6 nitrogen and oxygen atoms in total. The Hall–Kier alpha value is -1.14. The number of aliphatic carboxylic acids is 2. The third kappa shape index (κ3) is 6.02. The van der Waals surface area contributed by atoms with E-state index in [1.807, 2.05) is 0 Å². The number of hydrogen-bond donors (Lipinski definition) is 4. The van der Waals surface area contributed by atoms with Gasteiger partial charge in [-0.2, -0.15) is 0 Å². The second-order valence-electron chi connectivity index (χ2n) is 5.26. The van der Waals surface area contributed by atoms with Crippen molar-refractivity contribution in [2.45, 2.75) is 38.6 Å². The van der Waals surface area contributed by atoms with Gasteiger partial charge in [-0.25, -0.2) is 0 Å². The molecule has 0 heterocycles. The van der Waals surface area contributed by atoms with Crippen LogP contribution in [0.15, 0.2) is 0 Å². The molecule has 1 unspecified atom stereocenters. The molecule has 19 heavy (non-hydrogen) atoms. The number of nitrogens with one attached hydrogen (secondary N) is 2. The number of rotatable bonds is 8. The average molecular weight is 272 g/mol. The standard InChI is InChI=1S/C13H24N2O4/c1-9(15-7-6-14-8-12(16)17)10-2-4-11(5-3-10)13(18)19/h9-11,14-15H,2-8H2,1H3,(H,16,17)(H,18,19). The van der Waals surface area contributed by atoms with Gasteiger partial charge in [0.15, 0.2) is 0 Å². The minimum absolute atomic E-state index is 0.0141. The molecule has 0 aromatic heterocycles. The number of carboxylic acids is 2. The van der Waals surface area contributed by atoms with Crippen LogP contribution in [0.5, 0.6) is 0 Å². The van der Waals surface area contributed by atoms with E-state index in [2.05, 4.69) is 17.6 Å². The molecule has 0 radical (unpaired) electrons. The van der Waals surface area contributed by atoms with Gasteiger partial charge in [-0.05, 0) is 38.5 Å². The van der Waals surface area contributed by atoms with Crippen molar-refractivity contribution >= 4 is 11.9 Å². The molecule has 0 amide bonds. The molecule has 0 aliphatic heterocycles. The van der Waals surface area contributed by atoms with Crippen LogP contribution < -0.4 is 10.6 Å². The largest absolute Gasteiger partial charge is 0.481 e. The first-order valence-electron chi connectivity index (χ1n) is 6.89. The molecular formula is C13H24N2O4. The molecule has 1 fully saturated rings. The van der Waals surface area contributed by atoms with Crippen LogP contribution in [0.1, 0.15) is 32.6 Å². The summed E-state index contributed by atoms with van der Waals surface area (Å²) in [7, 11) is 0. The van der Waals surface area contributed by atoms with E-state index in [-0.39, 0.29) is 12.5 Å². The van der Waals surface area contributed by atoms with Crippen LogP contribution in [0.4, 0.5) is 0 Å². The quantitative estimate of drug-likeness (QED) is 0.481. The van der Waals surface area contributed by atoms with Gasteiger partial charge in [-0.1, -0.05) is 0 Å². The Balaban J connectivity index is 2.12. The van der Waals surface area contributed by atoms with Crippen molar-refractivity contribution in [1.82, 2.24) is 10.6 Å². The Morgan fingerprint density at radius 2 is 1.79 bits per heavy atom. The summed E-state index contributed by atoms with van der Waals surface area (Å²) in [6.45, 7) is 3.46. The highest BCUT2D eigenvalue weighted by Gasteiger charge is 2.28. The van der Waals surface area contributed by atoms with Crippen molar-refractivity contribution in [1.29, 1.82) is 0 Å². The highest BCUT2D eigenvalue weighted by Crippen LogP contribution is 2.30. The van der Waals surface area contributed by atoms with Gasteiger partial charge in [0.05, 0.1) is 12.5 Å². The van der Waals surface area contributed by atoms with Crippen LogP contribution in [-0.4, -0.2) is 47.8 Å². The zero-order chi connectivity index (χ0) is 14.3. The summed E-state index contributed by atoms with van der Waals surface area (Å²) in [6.07, 6.45) is 3.44. The van der Waals surface area contributed by atoms with E-state index in [0.717, 1.165) is 32.2 Å². The third-order valence-electron chi connectivity index (χ3n) is 3.87. The summed E-state index contributed by atoms with van der Waals surface area (Å²) in [5.74, 6) is -1.16. The number of hydrogen-bond acceptors (Lipinski definition) is 4. The molecule has 110 valence electrons. The summed E-state index contributed by atoms with van der Waals surface area (Å²) in [5.41, 5.74) is 0. The molecule has 1 aliphatic rings. The second kappa shape index (κ2) is 8.12. The van der Waals surface area contributed by atoms with Gasteiger partial charge < -0.3 is 20.8 Å². The molecule has 1 atom stereocenters. The highest BCUT2D eigenvalue weighted by atomic mass is 16.4. The normalized spacial score (nSPS) is 24.9. The topological polar surface area (TPSA) is 98.7 Å². The maximum atomic E-state index is 10.9. The van der Waals surface area contributed by atoms with Crippen LogP contribution in [0.3, 0.4) is 0 Å². The highest BCUT2D eigenvalue weighted by molar-refractivity contribution is 5.70. The van der Waals surface area contributed by atoms with E-state index in [9.17, 15) is 9.59 Å². The molecule has 1 rings (SSSR count). The lowest BCUT2D eigenvalue weighted by Gasteiger charge is -2.31. The van der Waals surface area contributed by atoms with E-state index < -0.39 is 11.9 Å². The number of carboxylic acid groups (broad SMARTS) is 2. The summed E-state index contributed by atoms with van der Waals surface area (Å²) in [6, 6.07) is 0.348. The Kier molecular flexibility index (Phi) is 6.80. The van der Waals surface area contributed by atoms with Crippen LogP contribution in [0.25, 0.3) is 0 Å².